The van der Waals surface area contributed by atoms with Gasteiger partial charge in [0.15, 0.2) is 0 Å². The van der Waals surface area contributed by atoms with Gasteiger partial charge in [0.1, 0.15) is 0 Å². The lowest BCUT2D eigenvalue weighted by atomic mass is 9.99. The standard InChI is InChI=1S/C15H14F12O4/c16-12(17,18)10(28,13(19,20)21)4-30-8-6-1-2-7(3-6)9(8)31-5-11(29,14(22,23)24)15(25,26)27/h1-2,6-9,28-29H,3-5H2/t6?,7?,8-,9+. The molecular weight excluding hydrogens is 472 g/mol. The fraction of sp³-hybridized carbons (Fsp3) is 0.867. The lowest BCUT2D eigenvalue weighted by Crippen LogP contribution is -2.61. The minimum atomic E-state index is -6.25. The Bertz CT molecular complexity index is 593. The third-order valence-corrected chi connectivity index (χ3v) is 5.16. The molecule has 2 N–H and O–H groups in total. The Morgan fingerprint density at radius 3 is 1.06 bits per heavy atom. The first kappa shape index (κ1) is 26.0. The maximum Gasteiger partial charge on any atom is 0.428 e. The Morgan fingerprint density at radius 1 is 0.581 bits per heavy atom. The van der Waals surface area contributed by atoms with Gasteiger partial charge in [0, 0.05) is 11.8 Å². The Hall–Kier alpha value is -1.26. The van der Waals surface area contributed by atoms with E-state index in [1.165, 1.54) is 12.2 Å². The predicted molar refractivity (Wildman–Crippen MR) is 74.3 cm³/mol. The molecule has 0 heterocycles. The van der Waals surface area contributed by atoms with E-state index >= 15 is 0 Å². The van der Waals surface area contributed by atoms with E-state index < -0.39 is 73.2 Å². The van der Waals surface area contributed by atoms with Crippen LogP contribution in [0.4, 0.5) is 52.7 Å². The highest BCUT2D eigenvalue weighted by atomic mass is 19.4. The van der Waals surface area contributed by atoms with Crippen LogP contribution < -0.4 is 0 Å². The van der Waals surface area contributed by atoms with Crippen molar-refractivity contribution < 1.29 is 72.4 Å². The summed E-state index contributed by atoms with van der Waals surface area (Å²) in [6.45, 7) is -4.85. The molecule has 0 amide bonds. The molecule has 4 atom stereocenters. The van der Waals surface area contributed by atoms with Gasteiger partial charge in [-0.2, -0.15) is 52.7 Å². The number of rotatable bonds is 6. The molecule has 2 unspecified atom stereocenters. The molecule has 0 aromatic carbocycles. The number of halogens is 12. The van der Waals surface area contributed by atoms with Crippen molar-refractivity contribution in [3.05, 3.63) is 12.2 Å². The van der Waals surface area contributed by atoms with Crippen LogP contribution in [0, 0.1) is 11.8 Å². The molecule has 0 aromatic rings. The average molecular weight is 486 g/mol. The third kappa shape index (κ3) is 4.48. The molecule has 0 aliphatic heterocycles. The minimum Gasteiger partial charge on any atom is -0.372 e. The van der Waals surface area contributed by atoms with Crippen LogP contribution in [0.15, 0.2) is 12.2 Å². The molecule has 4 nitrogen and oxygen atoms in total. The fourth-order valence-electron chi connectivity index (χ4n) is 3.25. The Balaban J connectivity index is 2.21. The smallest absolute Gasteiger partial charge is 0.372 e. The number of hydrogen-bond donors (Lipinski definition) is 2. The van der Waals surface area contributed by atoms with Crippen molar-refractivity contribution in [3.63, 3.8) is 0 Å². The first-order valence-electron chi connectivity index (χ1n) is 8.29. The topological polar surface area (TPSA) is 58.9 Å². The van der Waals surface area contributed by atoms with E-state index in [9.17, 15) is 52.7 Å². The molecule has 0 saturated heterocycles. The molecule has 2 rings (SSSR count). The molecule has 0 spiro atoms. The van der Waals surface area contributed by atoms with E-state index in [2.05, 4.69) is 9.47 Å². The first-order chi connectivity index (χ1) is 13.7. The highest BCUT2D eigenvalue weighted by Crippen LogP contribution is 2.48. The molecule has 0 aromatic heterocycles. The quantitative estimate of drug-likeness (QED) is 0.445. The van der Waals surface area contributed by atoms with Gasteiger partial charge in [-0.15, -0.1) is 0 Å². The van der Waals surface area contributed by atoms with E-state index in [4.69, 9.17) is 10.2 Å². The maximum atomic E-state index is 12.7. The predicted octanol–water partition coefficient (Wildman–Crippen LogP) is 3.67. The zero-order valence-electron chi connectivity index (χ0n) is 14.8. The van der Waals surface area contributed by atoms with Crippen molar-refractivity contribution >= 4 is 0 Å². The van der Waals surface area contributed by atoms with Gasteiger partial charge in [-0.1, -0.05) is 12.2 Å². The summed E-state index contributed by atoms with van der Waals surface area (Å²) in [5.41, 5.74) is -10.7. The molecule has 2 bridgehead atoms. The van der Waals surface area contributed by atoms with Crippen molar-refractivity contribution in [3.8, 4) is 0 Å². The van der Waals surface area contributed by atoms with Crippen LogP contribution in [-0.4, -0.2) is 71.5 Å². The van der Waals surface area contributed by atoms with E-state index in [1.807, 2.05) is 0 Å². The number of aliphatic hydroxyl groups is 2. The number of hydrogen-bond acceptors (Lipinski definition) is 4. The summed E-state index contributed by atoms with van der Waals surface area (Å²) in [7, 11) is 0. The van der Waals surface area contributed by atoms with Crippen molar-refractivity contribution in [2.45, 2.75) is 54.5 Å². The zero-order chi connectivity index (χ0) is 24.3. The van der Waals surface area contributed by atoms with Gasteiger partial charge in [0.25, 0.3) is 11.2 Å². The highest BCUT2D eigenvalue weighted by Gasteiger charge is 2.72. The number of alkyl halides is 12. The molecular formula is C15H14F12O4. The maximum absolute atomic E-state index is 12.7. The summed E-state index contributed by atoms with van der Waals surface area (Å²) in [5, 5.41) is 18.2. The normalized spacial score (nSPS) is 27.9. The summed E-state index contributed by atoms with van der Waals surface area (Å²) in [6.07, 6.45) is -26.3. The SMILES string of the molecule is OC(CO[C@@H]1C2C=CC(C2)[C@@H]1OCC(O)(C(F)(F)F)C(F)(F)F)(C(F)(F)F)C(F)(F)F. The van der Waals surface area contributed by atoms with Crippen LogP contribution in [-0.2, 0) is 9.47 Å². The molecule has 16 heteroatoms. The Labute approximate surface area is 165 Å². The van der Waals surface area contributed by atoms with Gasteiger partial charge < -0.3 is 19.7 Å². The van der Waals surface area contributed by atoms with Crippen LogP contribution in [0.5, 0.6) is 0 Å². The lowest BCUT2D eigenvalue weighted by molar-refractivity contribution is -0.386. The van der Waals surface area contributed by atoms with Crippen molar-refractivity contribution in [1.29, 1.82) is 0 Å². The van der Waals surface area contributed by atoms with Crippen LogP contribution >= 0.6 is 0 Å². The van der Waals surface area contributed by atoms with Crippen LogP contribution in [0.2, 0.25) is 0 Å². The summed E-state index contributed by atoms with van der Waals surface area (Å²) >= 11 is 0. The summed E-state index contributed by atoms with van der Waals surface area (Å²) in [4.78, 5) is 0. The summed E-state index contributed by atoms with van der Waals surface area (Å²) < 4.78 is 162. The Morgan fingerprint density at radius 2 is 0.839 bits per heavy atom. The molecule has 1 fully saturated rings. The van der Waals surface area contributed by atoms with Crippen molar-refractivity contribution in [2.24, 2.45) is 11.8 Å². The largest absolute Gasteiger partial charge is 0.428 e. The van der Waals surface area contributed by atoms with Gasteiger partial charge >= 0.3 is 24.7 Å². The van der Waals surface area contributed by atoms with Crippen LogP contribution in [0.1, 0.15) is 6.42 Å². The molecule has 1 saturated carbocycles. The highest BCUT2D eigenvalue weighted by molar-refractivity contribution is 5.16. The number of ether oxygens (including phenoxy) is 2. The number of fused-ring (bicyclic) bond motifs is 2. The summed E-state index contributed by atoms with van der Waals surface area (Å²) in [6, 6.07) is 0. The van der Waals surface area contributed by atoms with Gasteiger partial charge in [0.2, 0.25) is 0 Å². The Kier molecular flexibility index (Phi) is 6.42. The third-order valence-electron chi connectivity index (χ3n) is 5.16. The molecule has 2 aliphatic carbocycles. The van der Waals surface area contributed by atoms with Gasteiger partial charge in [-0.05, 0) is 6.42 Å². The fourth-order valence-corrected chi connectivity index (χ4v) is 3.25. The second-order valence-corrected chi connectivity index (χ2v) is 7.21. The molecule has 0 radical (unpaired) electrons. The summed E-state index contributed by atoms with van der Waals surface area (Å²) in [5.74, 6) is -1.99. The van der Waals surface area contributed by atoms with Crippen molar-refractivity contribution in [2.75, 3.05) is 13.2 Å². The zero-order valence-corrected chi connectivity index (χ0v) is 14.8. The minimum absolute atomic E-state index is 0.109. The van der Waals surface area contributed by atoms with Crippen molar-refractivity contribution in [1.82, 2.24) is 0 Å². The second-order valence-electron chi connectivity index (χ2n) is 7.21. The average Bonchev–Trinajstić information content (AvgIpc) is 3.14. The first-order valence-corrected chi connectivity index (χ1v) is 8.29. The van der Waals surface area contributed by atoms with Gasteiger partial charge in [-0.3, -0.25) is 0 Å². The van der Waals surface area contributed by atoms with Crippen LogP contribution in [0.25, 0.3) is 0 Å². The lowest BCUT2D eigenvalue weighted by Gasteiger charge is -2.37. The van der Waals surface area contributed by atoms with Crippen LogP contribution in [0.3, 0.4) is 0 Å². The molecule has 2 aliphatic rings. The molecule has 31 heavy (non-hydrogen) atoms. The monoisotopic (exact) mass is 486 g/mol. The van der Waals surface area contributed by atoms with Gasteiger partial charge in [-0.25, -0.2) is 0 Å². The van der Waals surface area contributed by atoms with E-state index in [-0.39, 0.29) is 6.42 Å². The van der Waals surface area contributed by atoms with E-state index in [0.29, 0.717) is 0 Å². The van der Waals surface area contributed by atoms with E-state index in [0.717, 1.165) is 0 Å². The van der Waals surface area contributed by atoms with E-state index in [1.54, 1.807) is 0 Å². The molecule has 182 valence electrons. The van der Waals surface area contributed by atoms with Gasteiger partial charge in [0.05, 0.1) is 25.4 Å². The second kappa shape index (κ2) is 7.66.